The first-order chi connectivity index (χ1) is 12.5. The molecule has 1 fully saturated rings. The molecule has 0 spiro atoms. The molecule has 140 valence electrons. The van der Waals surface area contributed by atoms with Gasteiger partial charge in [0, 0.05) is 50.7 Å². The van der Waals surface area contributed by atoms with Gasteiger partial charge in [0.2, 0.25) is 0 Å². The summed E-state index contributed by atoms with van der Waals surface area (Å²) in [5, 5.41) is 5.49. The van der Waals surface area contributed by atoms with E-state index in [0.29, 0.717) is 37.3 Å². The summed E-state index contributed by atoms with van der Waals surface area (Å²) in [6.07, 6.45) is -1.22. The number of carbonyl (C=O) groups excluding carboxylic acids is 1. The van der Waals surface area contributed by atoms with Crippen molar-refractivity contribution >= 4 is 5.91 Å². The maximum Gasteiger partial charge on any atom is 0.405 e. The molecule has 1 aliphatic rings. The average molecular weight is 366 g/mol. The summed E-state index contributed by atoms with van der Waals surface area (Å²) in [6.45, 7) is 1.16. The van der Waals surface area contributed by atoms with E-state index in [4.69, 9.17) is 0 Å². The van der Waals surface area contributed by atoms with Crippen molar-refractivity contribution in [3.8, 4) is 11.1 Å². The van der Waals surface area contributed by atoms with Crippen molar-refractivity contribution < 1.29 is 18.0 Å². The Kier molecular flexibility index (Phi) is 5.63. The van der Waals surface area contributed by atoms with Gasteiger partial charge in [0.1, 0.15) is 6.04 Å². The van der Waals surface area contributed by atoms with Crippen molar-refractivity contribution in [2.75, 3.05) is 32.7 Å². The molecule has 3 N–H and O–H groups in total. The summed E-state index contributed by atoms with van der Waals surface area (Å²) in [5.41, 5.74) is 1.82. The number of hydrogen-bond acceptors (Lipinski definition) is 3. The van der Waals surface area contributed by atoms with Crippen LogP contribution in [0.25, 0.3) is 11.1 Å². The molecule has 5 nitrogen and oxygen atoms in total. The number of piperazine rings is 1. The largest absolute Gasteiger partial charge is 0.405 e. The minimum Gasteiger partial charge on any atom is -0.366 e. The molecule has 8 heteroatoms. The van der Waals surface area contributed by atoms with Crippen LogP contribution in [-0.4, -0.2) is 60.7 Å². The van der Waals surface area contributed by atoms with E-state index in [1.165, 1.54) is 11.1 Å². The van der Waals surface area contributed by atoms with Crippen LogP contribution in [0.4, 0.5) is 13.2 Å². The highest BCUT2D eigenvalue weighted by atomic mass is 19.4. The van der Waals surface area contributed by atoms with Crippen LogP contribution >= 0.6 is 0 Å². The predicted octanol–water partition coefficient (Wildman–Crippen LogP) is 2.25. The van der Waals surface area contributed by atoms with Crippen LogP contribution in [0.2, 0.25) is 0 Å². The number of nitrogens with one attached hydrogen (secondary N) is 3. The zero-order valence-electron chi connectivity index (χ0n) is 14.1. The number of halogens is 3. The summed E-state index contributed by atoms with van der Waals surface area (Å²) >= 11 is 0. The number of aromatic nitrogens is 1. The molecule has 2 heterocycles. The minimum atomic E-state index is -4.40. The molecule has 26 heavy (non-hydrogen) atoms. The number of nitrogens with zero attached hydrogens (tertiary/aromatic N) is 1. The van der Waals surface area contributed by atoms with Crippen LogP contribution in [0.5, 0.6) is 0 Å². The molecule has 3 rings (SSSR count). The third-order valence-electron chi connectivity index (χ3n) is 4.50. The van der Waals surface area contributed by atoms with Crippen molar-refractivity contribution in [3.05, 3.63) is 48.3 Å². The highest BCUT2D eigenvalue weighted by Crippen LogP contribution is 2.26. The van der Waals surface area contributed by atoms with Gasteiger partial charge in [0.15, 0.2) is 0 Å². The Bertz CT molecular complexity index is 724. The standard InChI is InChI=1S/C18H21F3N4O/c19-18(20,21)16(25-8-6-22-7-9-25)12-24-17(26)15-11-23-10-14(15)13-4-2-1-3-5-13/h1-5,10-11,16,22-23H,6-9,12H2,(H,24,26). The van der Waals surface area contributed by atoms with Crippen molar-refractivity contribution in [2.24, 2.45) is 0 Å². The molecular formula is C18H21F3N4O. The fourth-order valence-corrected chi connectivity index (χ4v) is 3.14. The topological polar surface area (TPSA) is 60.2 Å². The molecule has 1 aliphatic heterocycles. The number of benzene rings is 1. The highest BCUT2D eigenvalue weighted by molar-refractivity contribution is 6.00. The summed E-state index contributed by atoms with van der Waals surface area (Å²) in [4.78, 5) is 16.7. The van der Waals surface area contributed by atoms with Crippen molar-refractivity contribution in [2.45, 2.75) is 12.2 Å². The minimum absolute atomic E-state index is 0.305. The van der Waals surface area contributed by atoms with Crippen LogP contribution in [-0.2, 0) is 0 Å². The second-order valence-corrected chi connectivity index (χ2v) is 6.20. The maximum atomic E-state index is 13.4. The smallest absolute Gasteiger partial charge is 0.366 e. The fourth-order valence-electron chi connectivity index (χ4n) is 3.14. The van der Waals surface area contributed by atoms with Crippen LogP contribution in [0.1, 0.15) is 10.4 Å². The number of alkyl halides is 3. The Morgan fingerprint density at radius 2 is 1.85 bits per heavy atom. The molecule has 0 saturated carbocycles. The first-order valence-electron chi connectivity index (χ1n) is 8.48. The van der Waals surface area contributed by atoms with Gasteiger partial charge in [-0.2, -0.15) is 13.2 Å². The highest BCUT2D eigenvalue weighted by Gasteiger charge is 2.43. The molecule has 0 radical (unpaired) electrons. The quantitative estimate of drug-likeness (QED) is 0.761. The van der Waals surface area contributed by atoms with E-state index in [9.17, 15) is 18.0 Å². The Labute approximate surface area is 149 Å². The lowest BCUT2D eigenvalue weighted by atomic mass is 10.0. The van der Waals surface area contributed by atoms with Gasteiger partial charge in [-0.3, -0.25) is 9.69 Å². The molecule has 0 bridgehead atoms. The van der Waals surface area contributed by atoms with E-state index in [0.717, 1.165) is 5.56 Å². The van der Waals surface area contributed by atoms with Crippen LogP contribution < -0.4 is 10.6 Å². The van der Waals surface area contributed by atoms with Crippen LogP contribution in [0.3, 0.4) is 0 Å². The van der Waals surface area contributed by atoms with E-state index in [2.05, 4.69) is 15.6 Å². The second-order valence-electron chi connectivity index (χ2n) is 6.20. The van der Waals surface area contributed by atoms with E-state index in [1.54, 1.807) is 6.20 Å². The van der Waals surface area contributed by atoms with E-state index < -0.39 is 24.7 Å². The van der Waals surface area contributed by atoms with Gasteiger partial charge in [-0.05, 0) is 5.56 Å². The van der Waals surface area contributed by atoms with E-state index >= 15 is 0 Å². The zero-order valence-corrected chi connectivity index (χ0v) is 14.1. The lowest BCUT2D eigenvalue weighted by Gasteiger charge is -2.35. The Hall–Kier alpha value is -2.32. The molecule has 1 aromatic heterocycles. The Morgan fingerprint density at radius 1 is 1.15 bits per heavy atom. The number of H-pyrrole nitrogens is 1. The van der Waals surface area contributed by atoms with Gasteiger partial charge < -0.3 is 15.6 Å². The zero-order chi connectivity index (χ0) is 18.6. The van der Waals surface area contributed by atoms with Gasteiger partial charge in [-0.15, -0.1) is 0 Å². The molecule has 1 amide bonds. The van der Waals surface area contributed by atoms with Crippen LogP contribution in [0, 0.1) is 0 Å². The number of aromatic amines is 1. The number of amides is 1. The third kappa shape index (κ3) is 4.25. The summed E-state index contributed by atoms with van der Waals surface area (Å²) < 4.78 is 40.3. The maximum absolute atomic E-state index is 13.4. The fraction of sp³-hybridized carbons (Fsp3) is 0.389. The molecule has 1 saturated heterocycles. The Morgan fingerprint density at radius 3 is 2.50 bits per heavy atom. The van der Waals surface area contributed by atoms with Crippen molar-refractivity contribution in [1.82, 2.24) is 20.5 Å². The molecule has 2 aromatic rings. The summed E-state index contributed by atoms with van der Waals surface area (Å²) in [5.74, 6) is -0.519. The summed E-state index contributed by atoms with van der Waals surface area (Å²) in [6, 6.07) is 7.55. The summed E-state index contributed by atoms with van der Waals surface area (Å²) in [7, 11) is 0. The first-order valence-corrected chi connectivity index (χ1v) is 8.48. The molecule has 0 aliphatic carbocycles. The Balaban J connectivity index is 1.70. The van der Waals surface area contributed by atoms with Gasteiger partial charge in [0.25, 0.3) is 5.91 Å². The van der Waals surface area contributed by atoms with Gasteiger partial charge in [-0.1, -0.05) is 30.3 Å². The lowest BCUT2D eigenvalue weighted by molar-refractivity contribution is -0.183. The average Bonchev–Trinajstić information content (AvgIpc) is 3.12. The van der Waals surface area contributed by atoms with Crippen LogP contribution in [0.15, 0.2) is 42.7 Å². The van der Waals surface area contributed by atoms with Gasteiger partial charge in [-0.25, -0.2) is 0 Å². The number of rotatable bonds is 5. The van der Waals surface area contributed by atoms with Gasteiger partial charge >= 0.3 is 6.18 Å². The SMILES string of the molecule is O=C(NCC(N1CCNCC1)C(F)(F)F)c1c[nH]cc1-c1ccccc1. The number of hydrogen-bond donors (Lipinski definition) is 3. The van der Waals surface area contributed by atoms with E-state index in [1.807, 2.05) is 30.3 Å². The van der Waals surface area contributed by atoms with Gasteiger partial charge in [0.05, 0.1) is 5.56 Å². The second kappa shape index (κ2) is 7.92. The first kappa shape index (κ1) is 18.5. The van der Waals surface area contributed by atoms with Crippen molar-refractivity contribution in [1.29, 1.82) is 0 Å². The molecule has 1 aromatic carbocycles. The number of carbonyl (C=O) groups is 1. The molecule has 1 unspecified atom stereocenters. The molecular weight excluding hydrogens is 345 g/mol. The van der Waals surface area contributed by atoms with Crippen molar-refractivity contribution in [3.63, 3.8) is 0 Å². The van der Waals surface area contributed by atoms with E-state index in [-0.39, 0.29) is 0 Å². The lowest BCUT2D eigenvalue weighted by Crippen LogP contribution is -2.57. The monoisotopic (exact) mass is 366 g/mol. The third-order valence-corrected chi connectivity index (χ3v) is 4.50. The normalized spacial score (nSPS) is 17.0. The predicted molar refractivity (Wildman–Crippen MR) is 92.8 cm³/mol. The molecule has 1 atom stereocenters.